The van der Waals surface area contributed by atoms with Gasteiger partial charge in [-0.3, -0.25) is 4.79 Å². The molecule has 0 atom stereocenters. The summed E-state index contributed by atoms with van der Waals surface area (Å²) in [6.45, 7) is 0. The average molecular weight is 315 g/mol. The number of hydrogen-bond acceptors (Lipinski definition) is 5. The molecule has 1 N–H and O–H groups in total. The molecule has 0 saturated carbocycles. The quantitative estimate of drug-likeness (QED) is 0.849. The highest BCUT2D eigenvalue weighted by Gasteiger charge is 2.23. The Morgan fingerprint density at radius 3 is 2.26 bits per heavy atom. The Morgan fingerprint density at radius 2 is 1.65 bits per heavy atom. The van der Waals surface area contributed by atoms with Crippen LogP contribution < -0.4 is 5.56 Å². The number of ether oxygens (including phenoxy) is 2. The third-order valence-electron chi connectivity index (χ3n) is 3.42. The second-order valence-corrected chi connectivity index (χ2v) is 4.87. The molecule has 0 unspecified atom stereocenters. The molecule has 0 fully saturated rings. The van der Waals surface area contributed by atoms with Gasteiger partial charge in [-0.1, -0.05) is 30.3 Å². The van der Waals surface area contributed by atoms with Crippen molar-refractivity contribution < 1.29 is 19.1 Å². The van der Waals surface area contributed by atoms with Crippen molar-refractivity contribution in [1.82, 2.24) is 4.98 Å². The van der Waals surface area contributed by atoms with Crippen LogP contribution in [0.1, 0.15) is 32.0 Å². The lowest BCUT2D eigenvalue weighted by atomic mass is 10.0. The zero-order valence-electron chi connectivity index (χ0n) is 12.9. The minimum atomic E-state index is -0.752. The molecule has 6 heteroatoms. The molecule has 0 saturated heterocycles. The van der Waals surface area contributed by atoms with E-state index in [2.05, 4.69) is 9.72 Å². The number of aromatic nitrogens is 1. The Morgan fingerprint density at radius 1 is 1.00 bits per heavy atom. The molecular formula is C17H17NO5. The SMILES string of the molecule is COC(=O)c1cc(=O)[nH]c(CCc2ccccc2)c1C(=O)OC. The molecule has 2 aromatic rings. The molecule has 0 aliphatic rings. The first kappa shape index (κ1) is 16.5. The number of H-pyrrole nitrogens is 1. The molecule has 1 aromatic heterocycles. The van der Waals surface area contributed by atoms with Crippen molar-refractivity contribution in [3.05, 3.63) is 69.1 Å². The third kappa shape index (κ3) is 3.85. The molecule has 2 rings (SSSR count). The van der Waals surface area contributed by atoms with Gasteiger partial charge in [0.05, 0.1) is 25.3 Å². The average Bonchev–Trinajstić information content (AvgIpc) is 2.58. The smallest absolute Gasteiger partial charge is 0.340 e. The van der Waals surface area contributed by atoms with Gasteiger partial charge in [0, 0.05) is 11.8 Å². The fourth-order valence-corrected chi connectivity index (χ4v) is 2.32. The Labute approximate surface area is 133 Å². The van der Waals surface area contributed by atoms with Crippen LogP contribution >= 0.6 is 0 Å². The van der Waals surface area contributed by atoms with E-state index < -0.39 is 17.5 Å². The fraction of sp³-hybridized carbons (Fsp3) is 0.235. The van der Waals surface area contributed by atoms with Gasteiger partial charge in [-0.15, -0.1) is 0 Å². The monoisotopic (exact) mass is 315 g/mol. The highest BCUT2D eigenvalue weighted by molar-refractivity contribution is 6.03. The second-order valence-electron chi connectivity index (χ2n) is 4.87. The van der Waals surface area contributed by atoms with E-state index >= 15 is 0 Å². The zero-order chi connectivity index (χ0) is 16.8. The van der Waals surface area contributed by atoms with Gasteiger partial charge in [0.25, 0.3) is 0 Å². The Kier molecular flexibility index (Phi) is 5.30. The van der Waals surface area contributed by atoms with Crippen molar-refractivity contribution in [3.63, 3.8) is 0 Å². The van der Waals surface area contributed by atoms with E-state index in [4.69, 9.17) is 4.74 Å². The van der Waals surface area contributed by atoms with Crippen molar-refractivity contribution in [1.29, 1.82) is 0 Å². The number of methoxy groups -OCH3 is 2. The first-order valence-corrected chi connectivity index (χ1v) is 7.03. The van der Waals surface area contributed by atoms with Crippen molar-refractivity contribution in [2.75, 3.05) is 14.2 Å². The Bertz CT molecular complexity index is 764. The van der Waals surface area contributed by atoms with E-state index in [1.807, 2.05) is 30.3 Å². The van der Waals surface area contributed by atoms with Crippen LogP contribution in [0, 0.1) is 0 Å². The number of aromatic amines is 1. The lowest BCUT2D eigenvalue weighted by molar-refractivity contribution is 0.0553. The van der Waals surface area contributed by atoms with E-state index in [0.717, 1.165) is 11.6 Å². The molecule has 1 heterocycles. The molecule has 120 valence electrons. The molecule has 0 amide bonds. The minimum Gasteiger partial charge on any atom is -0.465 e. The number of hydrogen-bond donors (Lipinski definition) is 1. The molecule has 0 radical (unpaired) electrons. The highest BCUT2D eigenvalue weighted by atomic mass is 16.5. The summed E-state index contributed by atoms with van der Waals surface area (Å²) in [5.74, 6) is -1.44. The maximum Gasteiger partial charge on any atom is 0.340 e. The maximum atomic E-state index is 12.0. The molecule has 0 spiro atoms. The van der Waals surface area contributed by atoms with Gasteiger partial charge in [0.1, 0.15) is 0 Å². The standard InChI is InChI=1S/C17H17NO5/c1-22-16(20)12-10-14(19)18-13(15(12)17(21)23-2)9-8-11-6-4-3-5-7-11/h3-7,10H,8-9H2,1-2H3,(H,18,19). The van der Waals surface area contributed by atoms with Crippen LogP contribution in [0.5, 0.6) is 0 Å². The summed E-state index contributed by atoms with van der Waals surface area (Å²) >= 11 is 0. The number of benzene rings is 1. The first-order valence-electron chi connectivity index (χ1n) is 7.03. The van der Waals surface area contributed by atoms with Gasteiger partial charge in [-0.25, -0.2) is 9.59 Å². The van der Waals surface area contributed by atoms with Gasteiger partial charge in [0.2, 0.25) is 5.56 Å². The lowest BCUT2D eigenvalue weighted by Gasteiger charge is -2.11. The molecule has 23 heavy (non-hydrogen) atoms. The number of esters is 2. The summed E-state index contributed by atoms with van der Waals surface area (Å²) in [6.07, 6.45) is 0.986. The van der Waals surface area contributed by atoms with Gasteiger partial charge >= 0.3 is 11.9 Å². The van der Waals surface area contributed by atoms with Gasteiger partial charge in [0.15, 0.2) is 0 Å². The summed E-state index contributed by atoms with van der Waals surface area (Å²) in [4.78, 5) is 38.3. The van der Waals surface area contributed by atoms with Crippen molar-refractivity contribution in [2.45, 2.75) is 12.8 Å². The number of rotatable bonds is 5. The molecule has 0 aliphatic heterocycles. The number of carbonyl (C=O) groups excluding carboxylic acids is 2. The summed E-state index contributed by atoms with van der Waals surface area (Å²) in [5, 5.41) is 0. The van der Waals surface area contributed by atoms with Crippen LogP contribution in [0.3, 0.4) is 0 Å². The molecule has 0 aliphatic carbocycles. The summed E-state index contributed by atoms with van der Waals surface area (Å²) < 4.78 is 9.38. The molecular weight excluding hydrogens is 298 g/mol. The Balaban J connectivity index is 2.44. The minimum absolute atomic E-state index is 0.0369. The van der Waals surface area contributed by atoms with Gasteiger partial charge in [-0.05, 0) is 18.4 Å². The van der Waals surface area contributed by atoms with Crippen LogP contribution in [0.2, 0.25) is 0 Å². The predicted molar refractivity (Wildman–Crippen MR) is 83.6 cm³/mol. The van der Waals surface area contributed by atoms with Crippen LogP contribution in [0.15, 0.2) is 41.2 Å². The highest BCUT2D eigenvalue weighted by Crippen LogP contribution is 2.16. The molecule has 0 bridgehead atoms. The third-order valence-corrected chi connectivity index (χ3v) is 3.42. The lowest BCUT2D eigenvalue weighted by Crippen LogP contribution is -2.22. The van der Waals surface area contributed by atoms with Crippen LogP contribution in [0.4, 0.5) is 0 Å². The topological polar surface area (TPSA) is 85.5 Å². The van der Waals surface area contributed by atoms with Crippen molar-refractivity contribution in [2.24, 2.45) is 0 Å². The van der Waals surface area contributed by atoms with Gasteiger partial charge < -0.3 is 14.5 Å². The Hall–Kier alpha value is -2.89. The van der Waals surface area contributed by atoms with E-state index in [1.54, 1.807) is 0 Å². The largest absolute Gasteiger partial charge is 0.465 e. The van der Waals surface area contributed by atoms with E-state index in [-0.39, 0.29) is 11.1 Å². The number of nitrogens with one attached hydrogen (secondary N) is 1. The van der Waals surface area contributed by atoms with Crippen molar-refractivity contribution >= 4 is 11.9 Å². The van der Waals surface area contributed by atoms with E-state index in [9.17, 15) is 14.4 Å². The van der Waals surface area contributed by atoms with Crippen molar-refractivity contribution in [3.8, 4) is 0 Å². The van der Waals surface area contributed by atoms with Crippen LogP contribution in [-0.2, 0) is 22.3 Å². The summed E-state index contributed by atoms with van der Waals surface area (Å²) in [6, 6.07) is 10.7. The summed E-state index contributed by atoms with van der Waals surface area (Å²) in [7, 11) is 2.41. The first-order chi connectivity index (χ1) is 11.1. The molecule has 1 aromatic carbocycles. The fourth-order valence-electron chi connectivity index (χ4n) is 2.32. The van der Waals surface area contributed by atoms with Crippen LogP contribution in [-0.4, -0.2) is 31.1 Å². The zero-order valence-corrected chi connectivity index (χ0v) is 12.9. The second kappa shape index (κ2) is 7.40. The normalized spacial score (nSPS) is 10.2. The van der Waals surface area contributed by atoms with E-state index in [0.29, 0.717) is 18.5 Å². The number of carbonyl (C=O) groups is 2. The van der Waals surface area contributed by atoms with Crippen LogP contribution in [0.25, 0.3) is 0 Å². The molecule has 6 nitrogen and oxygen atoms in total. The predicted octanol–water partition coefficient (Wildman–Crippen LogP) is 1.73. The summed E-state index contributed by atoms with van der Waals surface area (Å²) in [5.41, 5.74) is 0.878. The van der Waals surface area contributed by atoms with Gasteiger partial charge in [-0.2, -0.15) is 0 Å². The number of pyridine rings is 1. The maximum absolute atomic E-state index is 12.0. The van der Waals surface area contributed by atoms with E-state index in [1.165, 1.54) is 14.2 Å². The number of aryl methyl sites for hydroxylation is 2.